The smallest absolute Gasteiger partial charge is 0.375 e. The Hall–Kier alpha value is -1.61. The van der Waals surface area contributed by atoms with Crippen molar-refractivity contribution in [2.75, 3.05) is 13.7 Å². The molecule has 1 N–H and O–H groups in total. The number of sulfonamides is 1. The Morgan fingerprint density at radius 1 is 1.12 bits per heavy atom. The summed E-state index contributed by atoms with van der Waals surface area (Å²) in [6.07, 6.45) is -5.05. The van der Waals surface area contributed by atoms with Gasteiger partial charge in [0.2, 0.25) is 10.0 Å². The molecule has 0 saturated heterocycles. The summed E-state index contributed by atoms with van der Waals surface area (Å²) in [5, 5.41) is 0.446. The van der Waals surface area contributed by atoms with Crippen molar-refractivity contribution in [1.82, 2.24) is 4.72 Å². The highest BCUT2D eigenvalue weighted by Gasteiger charge is 2.30. The molecule has 0 aliphatic rings. The van der Waals surface area contributed by atoms with Crippen molar-refractivity contribution in [1.29, 1.82) is 0 Å². The number of benzene rings is 2. The van der Waals surface area contributed by atoms with Gasteiger partial charge in [-0.2, -0.15) is 13.2 Å². The fraction of sp³-hybridized carbons (Fsp3) is 0.294. The van der Waals surface area contributed by atoms with Crippen molar-refractivity contribution >= 4 is 21.6 Å². The van der Waals surface area contributed by atoms with E-state index >= 15 is 0 Å². The SMILES string of the molecule is COC(CNS(=O)(=O)Cc1ccc(C(F)(F)F)cc1)c1ccccc1Cl. The summed E-state index contributed by atoms with van der Waals surface area (Å²) in [6.45, 7) is -0.0524. The minimum atomic E-state index is -4.46. The summed E-state index contributed by atoms with van der Waals surface area (Å²) in [6, 6.07) is 10.9. The van der Waals surface area contributed by atoms with Crippen LogP contribution in [0.5, 0.6) is 0 Å². The second-order valence-electron chi connectivity index (χ2n) is 5.55. The van der Waals surface area contributed by atoms with Gasteiger partial charge in [-0.25, -0.2) is 13.1 Å². The van der Waals surface area contributed by atoms with Gasteiger partial charge in [0.25, 0.3) is 0 Å². The van der Waals surface area contributed by atoms with Crippen molar-refractivity contribution in [2.45, 2.75) is 18.0 Å². The number of hydrogen-bond acceptors (Lipinski definition) is 3. The lowest BCUT2D eigenvalue weighted by atomic mass is 10.1. The summed E-state index contributed by atoms with van der Waals surface area (Å²) in [5.74, 6) is -0.440. The van der Waals surface area contributed by atoms with Gasteiger partial charge >= 0.3 is 6.18 Å². The highest BCUT2D eigenvalue weighted by atomic mass is 35.5. The number of methoxy groups -OCH3 is 1. The molecule has 2 aromatic rings. The van der Waals surface area contributed by atoms with E-state index in [9.17, 15) is 21.6 Å². The molecular weight excluding hydrogens is 391 g/mol. The molecule has 0 heterocycles. The molecule has 0 aromatic heterocycles. The van der Waals surface area contributed by atoms with Crippen molar-refractivity contribution in [3.63, 3.8) is 0 Å². The Morgan fingerprint density at radius 2 is 1.73 bits per heavy atom. The summed E-state index contributed by atoms with van der Waals surface area (Å²) < 4.78 is 69.7. The highest BCUT2D eigenvalue weighted by Crippen LogP contribution is 2.29. The maximum atomic E-state index is 12.5. The largest absolute Gasteiger partial charge is 0.416 e. The maximum Gasteiger partial charge on any atom is 0.416 e. The van der Waals surface area contributed by atoms with Crippen LogP contribution in [0.25, 0.3) is 0 Å². The minimum absolute atomic E-state index is 0.0524. The molecule has 142 valence electrons. The lowest BCUT2D eigenvalue weighted by Gasteiger charge is -2.18. The minimum Gasteiger partial charge on any atom is -0.375 e. The molecule has 1 unspecified atom stereocenters. The standard InChI is InChI=1S/C17H17ClF3NO3S/c1-25-16(14-4-2-3-5-15(14)18)10-22-26(23,24)11-12-6-8-13(9-7-12)17(19,20)21/h2-9,16,22H,10-11H2,1H3. The Bertz CT molecular complexity index is 839. The average molecular weight is 408 g/mol. The predicted molar refractivity (Wildman–Crippen MR) is 93.3 cm³/mol. The average Bonchev–Trinajstić information content (AvgIpc) is 2.56. The molecule has 1 atom stereocenters. The first-order valence-corrected chi connectivity index (χ1v) is 9.56. The molecule has 0 saturated carbocycles. The fourth-order valence-electron chi connectivity index (χ4n) is 2.32. The second kappa shape index (κ2) is 8.39. The summed E-state index contributed by atoms with van der Waals surface area (Å²) in [5.41, 5.74) is 0.0517. The van der Waals surface area contributed by atoms with Gasteiger partial charge in [-0.15, -0.1) is 0 Å². The number of halogens is 4. The molecular formula is C17H17ClF3NO3S. The molecule has 0 spiro atoms. The molecule has 0 radical (unpaired) electrons. The Labute approximate surface area is 155 Å². The number of ether oxygens (including phenoxy) is 1. The lowest BCUT2D eigenvalue weighted by Crippen LogP contribution is -2.30. The second-order valence-corrected chi connectivity index (χ2v) is 7.76. The highest BCUT2D eigenvalue weighted by molar-refractivity contribution is 7.88. The molecule has 0 aliphatic carbocycles. The fourth-order valence-corrected chi connectivity index (χ4v) is 3.72. The van der Waals surface area contributed by atoms with Crippen LogP contribution in [0.1, 0.15) is 22.8 Å². The van der Waals surface area contributed by atoms with Crippen LogP contribution in [0.2, 0.25) is 5.02 Å². The third-order valence-corrected chi connectivity index (χ3v) is 5.33. The van der Waals surface area contributed by atoms with E-state index in [1.54, 1.807) is 24.3 Å². The molecule has 4 nitrogen and oxygen atoms in total. The number of alkyl halides is 3. The number of hydrogen-bond donors (Lipinski definition) is 1. The Morgan fingerprint density at radius 3 is 2.27 bits per heavy atom. The maximum absolute atomic E-state index is 12.5. The van der Waals surface area contributed by atoms with Crippen molar-refractivity contribution < 1.29 is 26.3 Å². The molecule has 2 rings (SSSR count). The Balaban J connectivity index is 2.03. The first-order chi connectivity index (χ1) is 12.1. The summed E-state index contributed by atoms with van der Waals surface area (Å²) >= 11 is 6.08. The van der Waals surface area contributed by atoms with Crippen LogP contribution in [0.4, 0.5) is 13.2 Å². The molecule has 0 aliphatic heterocycles. The van der Waals surface area contributed by atoms with E-state index in [0.29, 0.717) is 10.6 Å². The molecule has 0 bridgehead atoms. The van der Waals surface area contributed by atoms with Crippen molar-refractivity contribution in [3.8, 4) is 0 Å². The zero-order chi connectivity index (χ0) is 19.4. The first kappa shape index (κ1) is 20.7. The zero-order valence-corrected chi connectivity index (χ0v) is 15.3. The van der Waals surface area contributed by atoms with Crippen LogP contribution in [-0.2, 0) is 26.7 Å². The normalized spacial score (nSPS) is 13.6. The van der Waals surface area contributed by atoms with E-state index in [2.05, 4.69) is 4.72 Å². The molecule has 26 heavy (non-hydrogen) atoms. The van der Waals surface area contributed by atoms with Gasteiger partial charge in [0, 0.05) is 24.2 Å². The van der Waals surface area contributed by atoms with Gasteiger partial charge in [0.1, 0.15) is 0 Å². The van der Waals surface area contributed by atoms with Crippen LogP contribution >= 0.6 is 11.6 Å². The van der Waals surface area contributed by atoms with Gasteiger partial charge < -0.3 is 4.74 Å². The van der Waals surface area contributed by atoms with Gasteiger partial charge in [-0.1, -0.05) is 41.9 Å². The predicted octanol–water partition coefficient (Wildman–Crippen LogP) is 4.17. The number of nitrogens with one attached hydrogen (secondary N) is 1. The third kappa shape index (κ3) is 5.70. The van der Waals surface area contributed by atoms with Crippen molar-refractivity contribution in [2.24, 2.45) is 0 Å². The van der Waals surface area contributed by atoms with Gasteiger partial charge in [0.05, 0.1) is 17.4 Å². The van der Waals surface area contributed by atoms with Crippen LogP contribution < -0.4 is 4.72 Å². The van der Waals surface area contributed by atoms with Gasteiger partial charge in [0.15, 0.2) is 0 Å². The van der Waals surface area contributed by atoms with E-state index in [4.69, 9.17) is 16.3 Å². The first-order valence-electron chi connectivity index (χ1n) is 7.53. The Kier molecular flexibility index (Phi) is 6.68. The quantitative estimate of drug-likeness (QED) is 0.749. The topological polar surface area (TPSA) is 55.4 Å². The van der Waals surface area contributed by atoms with Crippen LogP contribution in [0.3, 0.4) is 0 Å². The monoisotopic (exact) mass is 407 g/mol. The van der Waals surface area contributed by atoms with E-state index in [0.717, 1.165) is 24.3 Å². The summed E-state index contributed by atoms with van der Waals surface area (Å²) in [4.78, 5) is 0. The van der Waals surface area contributed by atoms with Crippen LogP contribution in [0.15, 0.2) is 48.5 Å². The molecule has 0 amide bonds. The van der Waals surface area contributed by atoms with E-state index in [-0.39, 0.29) is 12.1 Å². The van der Waals surface area contributed by atoms with Crippen molar-refractivity contribution in [3.05, 3.63) is 70.2 Å². The van der Waals surface area contributed by atoms with Gasteiger partial charge in [-0.3, -0.25) is 0 Å². The molecule has 0 fully saturated rings. The molecule has 9 heteroatoms. The summed E-state index contributed by atoms with van der Waals surface area (Å²) in [7, 11) is -2.33. The van der Waals surface area contributed by atoms with Crippen LogP contribution in [-0.4, -0.2) is 22.1 Å². The third-order valence-electron chi connectivity index (χ3n) is 3.66. The van der Waals surface area contributed by atoms with E-state index < -0.39 is 33.6 Å². The molecule has 2 aromatic carbocycles. The zero-order valence-electron chi connectivity index (χ0n) is 13.8. The lowest BCUT2D eigenvalue weighted by molar-refractivity contribution is -0.137. The van der Waals surface area contributed by atoms with Crippen LogP contribution in [0, 0.1) is 0 Å². The van der Waals surface area contributed by atoms with E-state index in [1.165, 1.54) is 7.11 Å². The van der Waals surface area contributed by atoms with E-state index in [1.807, 2.05) is 0 Å². The van der Waals surface area contributed by atoms with Gasteiger partial charge in [-0.05, 0) is 23.8 Å². The number of rotatable bonds is 7.